The smallest absolute Gasteiger partial charge is 0.239 e. The highest BCUT2D eigenvalue weighted by Gasteiger charge is 2.44. The molecule has 4 rings (SSSR count). The molecule has 0 unspecified atom stereocenters. The lowest BCUT2D eigenvalue weighted by Gasteiger charge is -2.15. The summed E-state index contributed by atoms with van der Waals surface area (Å²) in [5, 5.41) is 18.4. The van der Waals surface area contributed by atoms with Crippen molar-refractivity contribution in [3.05, 3.63) is 47.0 Å². The SMILES string of the molecule is Cc1cc(NC(=O)CCl)c(C(=O)c2ccc(F)c3[nH]ncc23)nc1OCC1(C#N)CC1. The van der Waals surface area contributed by atoms with Crippen LogP contribution in [0.1, 0.15) is 34.5 Å². The number of fused-ring (bicyclic) bond motifs is 1. The summed E-state index contributed by atoms with van der Waals surface area (Å²) in [6.07, 6.45) is 2.83. The molecule has 0 atom stereocenters. The Labute approximate surface area is 181 Å². The first kappa shape index (κ1) is 20.8. The molecule has 1 aromatic carbocycles. The molecule has 1 saturated carbocycles. The van der Waals surface area contributed by atoms with Crippen LogP contribution in [0.5, 0.6) is 5.88 Å². The van der Waals surface area contributed by atoms with E-state index in [1.54, 1.807) is 13.0 Å². The number of H-pyrrole nitrogens is 1. The van der Waals surface area contributed by atoms with Crippen LogP contribution in [0.4, 0.5) is 10.1 Å². The fourth-order valence-corrected chi connectivity index (χ4v) is 3.23. The summed E-state index contributed by atoms with van der Waals surface area (Å²) in [6.45, 7) is 1.87. The Hall–Kier alpha value is -3.51. The van der Waals surface area contributed by atoms with Crippen LogP contribution >= 0.6 is 11.6 Å². The van der Waals surface area contributed by atoms with Crippen LogP contribution in [-0.2, 0) is 4.79 Å². The van der Waals surface area contributed by atoms with Crippen molar-refractivity contribution in [1.29, 1.82) is 5.26 Å². The van der Waals surface area contributed by atoms with Gasteiger partial charge in [0.2, 0.25) is 17.6 Å². The predicted octanol–water partition coefficient (Wildman–Crippen LogP) is 3.50. The highest BCUT2D eigenvalue weighted by atomic mass is 35.5. The van der Waals surface area contributed by atoms with Gasteiger partial charge in [0.15, 0.2) is 0 Å². The lowest BCUT2D eigenvalue weighted by atomic mass is 10.0. The van der Waals surface area contributed by atoms with Gasteiger partial charge in [-0.25, -0.2) is 9.37 Å². The molecule has 1 amide bonds. The second kappa shape index (κ2) is 7.96. The first-order valence-electron chi connectivity index (χ1n) is 9.45. The minimum atomic E-state index is -0.553. The molecule has 1 aliphatic carbocycles. The number of ketones is 1. The largest absolute Gasteiger partial charge is 0.476 e. The van der Waals surface area contributed by atoms with Crippen LogP contribution in [0.15, 0.2) is 24.4 Å². The number of halogens is 2. The van der Waals surface area contributed by atoms with Gasteiger partial charge in [-0.1, -0.05) is 0 Å². The highest BCUT2D eigenvalue weighted by molar-refractivity contribution is 6.29. The van der Waals surface area contributed by atoms with Crippen molar-refractivity contribution in [2.75, 3.05) is 17.8 Å². The molecule has 31 heavy (non-hydrogen) atoms. The maximum atomic E-state index is 14.0. The van der Waals surface area contributed by atoms with Gasteiger partial charge < -0.3 is 10.1 Å². The van der Waals surface area contributed by atoms with Gasteiger partial charge in [0.25, 0.3) is 0 Å². The lowest BCUT2D eigenvalue weighted by molar-refractivity contribution is -0.113. The summed E-state index contributed by atoms with van der Waals surface area (Å²) < 4.78 is 19.8. The Bertz CT molecular complexity index is 1250. The average Bonchev–Trinajstić information content (AvgIpc) is 3.37. The third kappa shape index (κ3) is 3.94. The normalized spacial score (nSPS) is 14.1. The minimum absolute atomic E-state index is 0.0880. The fourth-order valence-electron chi connectivity index (χ4n) is 3.17. The number of rotatable bonds is 7. The molecule has 0 aliphatic heterocycles. The minimum Gasteiger partial charge on any atom is -0.476 e. The molecule has 2 N–H and O–H groups in total. The Morgan fingerprint density at radius 2 is 2.19 bits per heavy atom. The molecular weight excluding hydrogens is 425 g/mol. The number of hydrogen-bond donors (Lipinski definition) is 2. The number of hydrogen-bond acceptors (Lipinski definition) is 6. The molecule has 0 radical (unpaired) electrons. The van der Waals surface area contributed by atoms with Gasteiger partial charge >= 0.3 is 0 Å². The standard InChI is InChI=1S/C21H17ClFN5O3/c1-11-6-15(26-16(29)7-22)18(27-20(11)31-10-21(9-24)4-5-21)19(30)12-2-3-14(23)17-13(12)8-25-28-17/h2-3,6,8H,4-5,7,10H2,1H3,(H,25,28)(H,26,29). The maximum absolute atomic E-state index is 14.0. The number of anilines is 1. The van der Waals surface area contributed by atoms with Crippen LogP contribution in [0, 0.1) is 29.5 Å². The molecule has 0 saturated heterocycles. The van der Waals surface area contributed by atoms with Crippen molar-refractivity contribution in [1.82, 2.24) is 15.2 Å². The molecule has 2 aromatic heterocycles. The third-order valence-electron chi connectivity index (χ3n) is 5.16. The number of aromatic nitrogens is 3. The number of aromatic amines is 1. The molecule has 1 aliphatic rings. The third-order valence-corrected chi connectivity index (χ3v) is 5.41. The molecule has 0 bridgehead atoms. The fraction of sp³-hybridized carbons (Fsp3) is 0.286. The number of amides is 1. The van der Waals surface area contributed by atoms with Gasteiger partial charge in [-0.2, -0.15) is 10.4 Å². The molecule has 8 nitrogen and oxygen atoms in total. The van der Waals surface area contributed by atoms with Gasteiger partial charge in [0.05, 0.1) is 23.4 Å². The molecular formula is C21H17ClFN5O3. The number of ether oxygens (including phenoxy) is 1. The summed E-state index contributed by atoms with van der Waals surface area (Å²) in [5.41, 5.74) is 0.361. The van der Waals surface area contributed by atoms with E-state index < -0.39 is 22.9 Å². The zero-order valence-electron chi connectivity index (χ0n) is 16.5. The van der Waals surface area contributed by atoms with E-state index in [4.69, 9.17) is 16.3 Å². The Balaban J connectivity index is 1.77. The van der Waals surface area contributed by atoms with E-state index in [-0.39, 0.29) is 46.2 Å². The summed E-state index contributed by atoms with van der Waals surface area (Å²) in [6, 6.07) is 6.28. The number of aryl methyl sites for hydroxylation is 1. The summed E-state index contributed by atoms with van der Waals surface area (Å²) in [7, 11) is 0. The van der Waals surface area contributed by atoms with Gasteiger partial charge in [-0.15, -0.1) is 11.6 Å². The van der Waals surface area contributed by atoms with E-state index in [2.05, 4.69) is 26.6 Å². The number of benzene rings is 1. The van der Waals surface area contributed by atoms with Gasteiger partial charge in [-0.3, -0.25) is 14.7 Å². The second-order valence-corrected chi connectivity index (χ2v) is 7.72. The number of alkyl halides is 1. The van der Waals surface area contributed by atoms with E-state index in [0.717, 1.165) is 18.9 Å². The van der Waals surface area contributed by atoms with Crippen molar-refractivity contribution in [2.24, 2.45) is 5.41 Å². The van der Waals surface area contributed by atoms with E-state index in [1.165, 1.54) is 12.3 Å². The zero-order valence-corrected chi connectivity index (χ0v) is 17.2. The van der Waals surface area contributed by atoms with E-state index in [1.807, 2.05) is 0 Å². The van der Waals surface area contributed by atoms with E-state index in [0.29, 0.717) is 5.56 Å². The molecule has 10 heteroatoms. The van der Waals surface area contributed by atoms with Crippen molar-refractivity contribution in [3.8, 4) is 11.9 Å². The monoisotopic (exact) mass is 441 g/mol. The van der Waals surface area contributed by atoms with Crippen LogP contribution in [0.25, 0.3) is 10.9 Å². The number of carbonyl (C=O) groups excluding carboxylic acids is 2. The van der Waals surface area contributed by atoms with Crippen LogP contribution < -0.4 is 10.1 Å². The quantitative estimate of drug-likeness (QED) is 0.427. The summed E-state index contributed by atoms with van der Waals surface area (Å²) in [4.78, 5) is 29.6. The topological polar surface area (TPSA) is 121 Å². The highest BCUT2D eigenvalue weighted by Crippen LogP contribution is 2.45. The Kier molecular flexibility index (Phi) is 5.33. The Morgan fingerprint density at radius 3 is 2.87 bits per heavy atom. The molecule has 3 aromatic rings. The Morgan fingerprint density at radius 1 is 1.42 bits per heavy atom. The van der Waals surface area contributed by atoms with Crippen molar-refractivity contribution in [2.45, 2.75) is 19.8 Å². The van der Waals surface area contributed by atoms with Crippen LogP contribution in [-0.4, -0.2) is 39.4 Å². The zero-order chi connectivity index (χ0) is 22.2. The molecule has 2 heterocycles. The van der Waals surface area contributed by atoms with Crippen molar-refractivity contribution < 1.29 is 18.7 Å². The van der Waals surface area contributed by atoms with E-state index >= 15 is 0 Å². The van der Waals surface area contributed by atoms with Crippen molar-refractivity contribution >= 4 is 39.9 Å². The van der Waals surface area contributed by atoms with Crippen LogP contribution in [0.3, 0.4) is 0 Å². The summed E-state index contributed by atoms with van der Waals surface area (Å²) in [5.74, 6) is -1.74. The van der Waals surface area contributed by atoms with Gasteiger partial charge in [-0.05, 0) is 38.0 Å². The van der Waals surface area contributed by atoms with Gasteiger partial charge in [0, 0.05) is 16.5 Å². The average molecular weight is 442 g/mol. The predicted molar refractivity (Wildman–Crippen MR) is 111 cm³/mol. The molecule has 0 spiro atoms. The first-order valence-corrected chi connectivity index (χ1v) is 9.99. The molecule has 158 valence electrons. The number of nitriles is 1. The van der Waals surface area contributed by atoms with E-state index in [9.17, 15) is 19.2 Å². The molecule has 1 fully saturated rings. The first-order chi connectivity index (χ1) is 14.9. The number of carbonyl (C=O) groups is 2. The van der Waals surface area contributed by atoms with Gasteiger partial charge in [0.1, 0.15) is 29.5 Å². The number of nitrogens with zero attached hydrogens (tertiary/aromatic N) is 3. The second-order valence-electron chi connectivity index (χ2n) is 7.45. The summed E-state index contributed by atoms with van der Waals surface area (Å²) >= 11 is 5.60. The lowest BCUT2D eigenvalue weighted by Crippen LogP contribution is -2.19. The number of pyridine rings is 1. The number of nitrogens with one attached hydrogen (secondary N) is 2. The van der Waals surface area contributed by atoms with Crippen molar-refractivity contribution in [3.63, 3.8) is 0 Å². The maximum Gasteiger partial charge on any atom is 0.239 e. The van der Waals surface area contributed by atoms with Crippen LogP contribution in [0.2, 0.25) is 0 Å².